The van der Waals surface area contributed by atoms with Crippen molar-refractivity contribution in [2.75, 3.05) is 12.8 Å². The van der Waals surface area contributed by atoms with Gasteiger partial charge < -0.3 is 4.74 Å². The van der Waals surface area contributed by atoms with Gasteiger partial charge in [-0.25, -0.2) is 36.3 Å². The number of alkyl carbamates (subject to hydrolysis) is 1. The number of nitrogens with zero attached hydrogens (tertiary/aromatic N) is 4. The first-order valence-corrected chi connectivity index (χ1v) is 13.5. The van der Waals surface area contributed by atoms with Gasteiger partial charge in [-0.1, -0.05) is 12.1 Å². The van der Waals surface area contributed by atoms with Gasteiger partial charge in [0.1, 0.15) is 28.3 Å². The Morgan fingerprint density at radius 2 is 1.77 bits per heavy atom. The van der Waals surface area contributed by atoms with E-state index >= 15 is 4.39 Å². The molecule has 1 amide bonds. The summed E-state index contributed by atoms with van der Waals surface area (Å²) in [5.41, 5.74) is -6.01. The maximum Gasteiger partial charge on any atom is 0.421 e. The van der Waals surface area contributed by atoms with Crippen LogP contribution in [-0.4, -0.2) is 52.7 Å². The minimum atomic E-state index is -5.12. The molecule has 0 saturated carbocycles. The van der Waals surface area contributed by atoms with Gasteiger partial charge in [0.15, 0.2) is 5.82 Å². The van der Waals surface area contributed by atoms with E-state index in [0.717, 1.165) is 23.7 Å². The van der Waals surface area contributed by atoms with Crippen LogP contribution in [-0.2, 0) is 26.5 Å². The van der Waals surface area contributed by atoms with Gasteiger partial charge in [0.25, 0.3) is 0 Å². The van der Waals surface area contributed by atoms with Gasteiger partial charge in [-0.2, -0.15) is 13.2 Å². The summed E-state index contributed by atoms with van der Waals surface area (Å²) in [7, 11) is -3.02. The number of carbonyl (C=O) groups excluding carboxylic acids is 1. The minimum absolute atomic E-state index is 0.0703. The molecule has 0 radical (unpaired) electrons. The summed E-state index contributed by atoms with van der Waals surface area (Å²) in [4.78, 5) is 20.7. The molecular weight excluding hydrogens is 561 g/mol. The summed E-state index contributed by atoms with van der Waals surface area (Å²) in [6.45, 7) is 7.42. The lowest BCUT2D eigenvalue weighted by atomic mass is 9.93. The van der Waals surface area contributed by atoms with E-state index in [1.807, 2.05) is 0 Å². The predicted octanol–water partition coefficient (Wildman–Crippen LogP) is 5.00. The molecule has 1 N–H and O–H groups in total. The van der Waals surface area contributed by atoms with Crippen LogP contribution in [0.15, 0.2) is 35.3 Å². The lowest BCUT2D eigenvalue weighted by Crippen LogP contribution is -2.54. The smallest absolute Gasteiger partial charge is 0.421 e. The molecule has 2 aromatic carbocycles. The number of guanidine groups is 1. The minimum Gasteiger partial charge on any atom is -0.444 e. The summed E-state index contributed by atoms with van der Waals surface area (Å²) in [6.07, 6.45) is -6.13. The number of rotatable bonds is 2. The maximum atomic E-state index is 16.2. The Morgan fingerprint density at radius 1 is 1.12 bits per heavy atom. The molecule has 9 nitrogen and oxygen atoms in total. The molecule has 2 heterocycles. The number of carbonyl (C=O) groups is 1. The van der Waals surface area contributed by atoms with Crippen LogP contribution in [0.2, 0.25) is 0 Å². The molecule has 216 valence electrons. The van der Waals surface area contributed by atoms with E-state index in [2.05, 4.69) is 15.3 Å². The molecule has 1 aliphatic heterocycles. The second kappa shape index (κ2) is 9.42. The van der Waals surface area contributed by atoms with E-state index in [9.17, 15) is 30.8 Å². The van der Waals surface area contributed by atoms with Gasteiger partial charge in [0.2, 0.25) is 16.0 Å². The summed E-state index contributed by atoms with van der Waals surface area (Å²) in [6, 6.07) is 5.38. The number of benzene rings is 2. The molecule has 1 aromatic heterocycles. The molecule has 15 heteroatoms. The van der Waals surface area contributed by atoms with Crippen LogP contribution in [0.1, 0.15) is 44.6 Å². The summed E-state index contributed by atoms with van der Waals surface area (Å²) < 4.78 is 105. The van der Waals surface area contributed by atoms with Gasteiger partial charge in [-0.15, -0.1) is 0 Å². The summed E-state index contributed by atoms with van der Waals surface area (Å²) in [5, 5.41) is 2.26. The number of aromatic nitrogens is 2. The van der Waals surface area contributed by atoms with Crippen molar-refractivity contribution >= 4 is 33.1 Å². The van der Waals surface area contributed by atoms with Crippen molar-refractivity contribution in [3.8, 4) is 5.69 Å². The number of hydrogen-bond donors (Lipinski definition) is 1. The molecule has 1 atom stereocenters. The van der Waals surface area contributed by atoms with Crippen molar-refractivity contribution in [2.45, 2.75) is 51.9 Å². The fraction of sp³-hybridized carbons (Fsp3) is 0.400. The van der Waals surface area contributed by atoms with Gasteiger partial charge in [-0.3, -0.25) is 9.88 Å². The number of ether oxygens (including phenoxy) is 1. The highest BCUT2D eigenvalue weighted by Gasteiger charge is 2.44. The quantitative estimate of drug-likeness (QED) is 0.425. The van der Waals surface area contributed by atoms with Crippen LogP contribution in [0.3, 0.4) is 0 Å². The van der Waals surface area contributed by atoms with E-state index in [-0.39, 0.29) is 16.9 Å². The molecule has 3 aromatic rings. The number of alkyl halides is 3. The summed E-state index contributed by atoms with van der Waals surface area (Å²) >= 11 is 0. The Labute approximate surface area is 226 Å². The van der Waals surface area contributed by atoms with Crippen molar-refractivity contribution in [3.63, 3.8) is 0 Å². The van der Waals surface area contributed by atoms with Crippen molar-refractivity contribution in [1.29, 1.82) is 0 Å². The normalized spacial score (nSPS) is 19.5. The number of aryl methyl sites for hydroxylation is 1. The average molecular weight is 588 g/mol. The number of nitrogens with one attached hydrogen (secondary N) is 1. The van der Waals surface area contributed by atoms with Crippen molar-refractivity contribution in [2.24, 2.45) is 4.99 Å². The lowest BCUT2D eigenvalue weighted by molar-refractivity contribution is -0.138. The zero-order valence-corrected chi connectivity index (χ0v) is 23.1. The number of amides is 1. The SMILES string of the molecule is Cc1nc2ccc(F)c(C(F)(F)F)c2n1-c1cccc([C@]2(C)CS(=O)(=O)N(C)C(NC(=O)OC(C)(C)C)=N2)c1F. The molecule has 4 rings (SSSR count). The van der Waals surface area contributed by atoms with E-state index in [1.54, 1.807) is 20.8 Å². The van der Waals surface area contributed by atoms with Gasteiger partial charge in [0.05, 0.1) is 22.5 Å². The molecular formula is C25H26F5N5O4S. The highest BCUT2D eigenvalue weighted by atomic mass is 32.2. The molecule has 0 fully saturated rings. The molecule has 1 aliphatic rings. The van der Waals surface area contributed by atoms with Crippen LogP contribution in [0, 0.1) is 18.6 Å². The Hall–Kier alpha value is -3.75. The second-order valence-electron chi connectivity index (χ2n) is 10.5. The molecule has 0 unspecified atom stereocenters. The van der Waals surface area contributed by atoms with Crippen molar-refractivity contribution in [3.05, 3.63) is 58.9 Å². The summed E-state index contributed by atoms with van der Waals surface area (Å²) in [5.74, 6) is -3.92. The third-order valence-corrected chi connectivity index (χ3v) is 8.10. The van der Waals surface area contributed by atoms with E-state index < -0.39 is 73.5 Å². The van der Waals surface area contributed by atoms with E-state index in [4.69, 9.17) is 4.74 Å². The number of hydrogen-bond acceptors (Lipinski definition) is 6. The van der Waals surface area contributed by atoms with E-state index in [0.29, 0.717) is 10.4 Å². The first kappa shape index (κ1) is 29.2. The van der Waals surface area contributed by atoms with Crippen LogP contribution < -0.4 is 5.32 Å². The number of fused-ring (bicyclic) bond motifs is 1. The highest BCUT2D eigenvalue weighted by molar-refractivity contribution is 7.89. The van der Waals surface area contributed by atoms with Gasteiger partial charge >= 0.3 is 12.3 Å². The predicted molar refractivity (Wildman–Crippen MR) is 136 cm³/mol. The first-order valence-electron chi connectivity index (χ1n) is 11.9. The Kier molecular flexibility index (Phi) is 6.89. The zero-order valence-electron chi connectivity index (χ0n) is 22.3. The maximum absolute atomic E-state index is 16.2. The number of sulfonamides is 1. The highest BCUT2D eigenvalue weighted by Crippen LogP contribution is 2.40. The fourth-order valence-electron chi connectivity index (χ4n) is 4.49. The van der Waals surface area contributed by atoms with Crippen LogP contribution in [0.5, 0.6) is 0 Å². The Balaban J connectivity index is 1.92. The van der Waals surface area contributed by atoms with Crippen molar-refractivity contribution < 1.29 is 39.9 Å². The standard InChI is InChI=1S/C25H26F5N5O4S/c1-13-31-16-11-10-15(26)18(25(28,29)30)20(16)35(13)17-9-7-8-14(19(17)27)24(5)12-40(37,38)34(6)21(33-24)32-22(36)39-23(2,3)4/h7-11H,12H2,1-6H3,(H,32,33,36)/t24-/m0/s1. The molecule has 40 heavy (non-hydrogen) atoms. The molecule has 0 bridgehead atoms. The van der Waals surface area contributed by atoms with Gasteiger partial charge in [0, 0.05) is 12.6 Å². The average Bonchev–Trinajstić information content (AvgIpc) is 3.10. The lowest BCUT2D eigenvalue weighted by Gasteiger charge is -2.36. The monoisotopic (exact) mass is 587 g/mol. The molecule has 0 aliphatic carbocycles. The molecule has 0 spiro atoms. The van der Waals surface area contributed by atoms with Crippen LogP contribution in [0.4, 0.5) is 26.7 Å². The fourth-order valence-corrected chi connectivity index (χ4v) is 5.96. The topological polar surface area (TPSA) is 106 Å². The number of aliphatic imine (C=N–C) groups is 1. The largest absolute Gasteiger partial charge is 0.444 e. The number of halogens is 5. The van der Waals surface area contributed by atoms with Crippen LogP contribution in [0.25, 0.3) is 16.7 Å². The van der Waals surface area contributed by atoms with Crippen molar-refractivity contribution in [1.82, 2.24) is 19.2 Å². The zero-order chi connectivity index (χ0) is 30.0. The third kappa shape index (κ3) is 5.21. The van der Waals surface area contributed by atoms with E-state index in [1.165, 1.54) is 26.0 Å². The second-order valence-corrected chi connectivity index (χ2v) is 12.5. The Bertz CT molecular complexity index is 1660. The van der Waals surface area contributed by atoms with Crippen LogP contribution >= 0.6 is 0 Å². The Morgan fingerprint density at radius 3 is 2.38 bits per heavy atom. The third-order valence-electron chi connectivity index (χ3n) is 6.16. The number of imidazole rings is 1. The molecule has 0 saturated heterocycles. The van der Waals surface area contributed by atoms with Gasteiger partial charge in [-0.05, 0) is 52.8 Å². The first-order chi connectivity index (χ1) is 18.2.